The number of rotatable bonds is 6. The van der Waals surface area contributed by atoms with E-state index in [0.717, 1.165) is 23.3 Å². The Bertz CT molecular complexity index is 1000. The van der Waals surface area contributed by atoms with Crippen molar-refractivity contribution in [3.8, 4) is 11.1 Å². The Morgan fingerprint density at radius 1 is 1.00 bits per heavy atom. The molecule has 156 valence electrons. The van der Waals surface area contributed by atoms with Gasteiger partial charge in [0.1, 0.15) is 5.82 Å². The third-order valence-electron chi connectivity index (χ3n) is 4.05. The van der Waals surface area contributed by atoms with E-state index in [4.69, 9.17) is 0 Å². The highest BCUT2D eigenvalue weighted by Gasteiger charge is 2.30. The number of nitrogens with zero attached hydrogens (tertiary/aromatic N) is 3. The standard InChI is InChI=1S/C21H20F3N5O/c1-13(2)28-20-26-11-16(12-27-20)15-6-7-18(25-10-15)29-19(30)9-14-4-3-5-17(8-14)21(22,23)24/h3-8,10-13H,9H2,1-2H3,(H,25,29,30)(H,26,27,28). The molecule has 0 saturated heterocycles. The second-order valence-electron chi connectivity index (χ2n) is 6.95. The smallest absolute Gasteiger partial charge is 0.352 e. The Labute approximate surface area is 171 Å². The van der Waals surface area contributed by atoms with Crippen LogP contribution in [0.25, 0.3) is 11.1 Å². The van der Waals surface area contributed by atoms with Crippen molar-refractivity contribution in [3.05, 3.63) is 66.1 Å². The molecule has 1 aromatic carbocycles. The van der Waals surface area contributed by atoms with Gasteiger partial charge in [0.05, 0.1) is 12.0 Å². The minimum Gasteiger partial charge on any atom is -0.352 e. The van der Waals surface area contributed by atoms with Crippen molar-refractivity contribution in [1.29, 1.82) is 0 Å². The first-order valence-electron chi connectivity index (χ1n) is 9.22. The van der Waals surface area contributed by atoms with Crippen LogP contribution in [0.3, 0.4) is 0 Å². The molecule has 3 aromatic rings. The number of carbonyl (C=O) groups excluding carboxylic acids is 1. The Kier molecular flexibility index (Phi) is 6.29. The normalized spacial score (nSPS) is 11.4. The first-order valence-corrected chi connectivity index (χ1v) is 9.22. The zero-order chi connectivity index (χ0) is 21.7. The fraction of sp³-hybridized carbons (Fsp3) is 0.238. The van der Waals surface area contributed by atoms with Crippen molar-refractivity contribution < 1.29 is 18.0 Å². The maximum absolute atomic E-state index is 12.8. The van der Waals surface area contributed by atoms with Gasteiger partial charge in [0, 0.05) is 35.8 Å². The molecule has 1 amide bonds. The number of pyridine rings is 1. The summed E-state index contributed by atoms with van der Waals surface area (Å²) in [5.41, 5.74) is 1.01. The van der Waals surface area contributed by atoms with Crippen LogP contribution in [0.4, 0.5) is 24.9 Å². The topological polar surface area (TPSA) is 79.8 Å². The maximum atomic E-state index is 12.8. The molecule has 0 fully saturated rings. The van der Waals surface area contributed by atoms with E-state index in [1.807, 2.05) is 13.8 Å². The summed E-state index contributed by atoms with van der Waals surface area (Å²) in [6.45, 7) is 3.97. The third kappa shape index (κ3) is 5.76. The fourth-order valence-electron chi connectivity index (χ4n) is 2.68. The number of nitrogens with one attached hydrogen (secondary N) is 2. The van der Waals surface area contributed by atoms with Crippen LogP contribution in [-0.4, -0.2) is 26.9 Å². The second kappa shape index (κ2) is 8.89. The predicted octanol–water partition coefficient (Wildman–Crippen LogP) is 4.56. The molecular formula is C21H20F3N5O. The molecule has 0 aliphatic rings. The molecular weight excluding hydrogens is 395 g/mol. The van der Waals surface area contributed by atoms with Gasteiger partial charge in [-0.3, -0.25) is 4.79 Å². The number of hydrogen-bond acceptors (Lipinski definition) is 5. The van der Waals surface area contributed by atoms with Gasteiger partial charge >= 0.3 is 6.18 Å². The number of alkyl halides is 3. The van der Waals surface area contributed by atoms with Crippen LogP contribution in [0.15, 0.2) is 55.0 Å². The van der Waals surface area contributed by atoms with Crippen LogP contribution in [0.1, 0.15) is 25.0 Å². The Balaban J connectivity index is 1.62. The Morgan fingerprint density at radius 2 is 1.70 bits per heavy atom. The SMILES string of the molecule is CC(C)Nc1ncc(-c2ccc(NC(=O)Cc3cccc(C(F)(F)F)c3)nc2)cn1. The monoisotopic (exact) mass is 415 g/mol. The molecule has 0 saturated carbocycles. The Morgan fingerprint density at radius 3 is 2.30 bits per heavy atom. The van der Waals surface area contributed by atoms with Crippen LogP contribution in [0.2, 0.25) is 0 Å². The zero-order valence-corrected chi connectivity index (χ0v) is 16.4. The van der Waals surface area contributed by atoms with E-state index in [1.165, 1.54) is 12.1 Å². The average molecular weight is 415 g/mol. The summed E-state index contributed by atoms with van der Waals surface area (Å²) in [6.07, 6.45) is 0.261. The molecule has 2 heterocycles. The van der Waals surface area contributed by atoms with Crippen LogP contribution < -0.4 is 10.6 Å². The summed E-state index contributed by atoms with van der Waals surface area (Å²) in [4.78, 5) is 24.8. The van der Waals surface area contributed by atoms with E-state index >= 15 is 0 Å². The van der Waals surface area contributed by atoms with E-state index in [-0.39, 0.29) is 18.0 Å². The molecule has 0 aliphatic carbocycles. The van der Waals surface area contributed by atoms with E-state index in [1.54, 1.807) is 30.7 Å². The molecule has 3 rings (SSSR count). The van der Waals surface area contributed by atoms with Crippen LogP contribution in [0.5, 0.6) is 0 Å². The summed E-state index contributed by atoms with van der Waals surface area (Å²) in [6, 6.07) is 8.27. The molecule has 6 nitrogen and oxygen atoms in total. The first kappa shape index (κ1) is 21.2. The average Bonchev–Trinajstić information content (AvgIpc) is 2.68. The van der Waals surface area contributed by atoms with Crippen molar-refractivity contribution in [1.82, 2.24) is 15.0 Å². The van der Waals surface area contributed by atoms with Crippen LogP contribution in [0, 0.1) is 0 Å². The number of benzene rings is 1. The largest absolute Gasteiger partial charge is 0.416 e. The highest BCUT2D eigenvalue weighted by atomic mass is 19.4. The Hall–Kier alpha value is -3.49. The highest BCUT2D eigenvalue weighted by Crippen LogP contribution is 2.29. The number of aromatic nitrogens is 3. The maximum Gasteiger partial charge on any atom is 0.416 e. The number of anilines is 2. The fourth-order valence-corrected chi connectivity index (χ4v) is 2.68. The van der Waals surface area contributed by atoms with Crippen molar-refractivity contribution in [2.24, 2.45) is 0 Å². The van der Waals surface area contributed by atoms with Gasteiger partial charge in [0.15, 0.2) is 0 Å². The quantitative estimate of drug-likeness (QED) is 0.617. The minimum absolute atomic E-state index is 0.189. The predicted molar refractivity (Wildman–Crippen MR) is 108 cm³/mol. The van der Waals surface area contributed by atoms with Crippen LogP contribution >= 0.6 is 0 Å². The van der Waals surface area contributed by atoms with Gasteiger partial charge in [-0.2, -0.15) is 13.2 Å². The van der Waals surface area contributed by atoms with E-state index in [9.17, 15) is 18.0 Å². The van der Waals surface area contributed by atoms with Gasteiger partial charge in [-0.15, -0.1) is 0 Å². The lowest BCUT2D eigenvalue weighted by atomic mass is 10.1. The number of carbonyl (C=O) groups is 1. The summed E-state index contributed by atoms with van der Waals surface area (Å²) in [7, 11) is 0. The van der Waals surface area contributed by atoms with Gasteiger partial charge in [0.2, 0.25) is 11.9 Å². The number of halogens is 3. The molecule has 9 heteroatoms. The molecule has 0 aliphatic heterocycles. The summed E-state index contributed by atoms with van der Waals surface area (Å²) < 4.78 is 38.4. The molecule has 0 spiro atoms. The molecule has 0 unspecified atom stereocenters. The summed E-state index contributed by atoms with van der Waals surface area (Å²) >= 11 is 0. The lowest BCUT2D eigenvalue weighted by Crippen LogP contribution is -2.16. The van der Waals surface area contributed by atoms with Gasteiger partial charge in [0.25, 0.3) is 0 Å². The number of amides is 1. The zero-order valence-electron chi connectivity index (χ0n) is 16.4. The summed E-state index contributed by atoms with van der Waals surface area (Å²) in [5.74, 6) is 0.372. The van der Waals surface area contributed by atoms with Crippen molar-refractivity contribution in [2.45, 2.75) is 32.5 Å². The third-order valence-corrected chi connectivity index (χ3v) is 4.05. The summed E-state index contributed by atoms with van der Waals surface area (Å²) in [5, 5.41) is 5.68. The van der Waals surface area contributed by atoms with E-state index < -0.39 is 17.6 Å². The van der Waals surface area contributed by atoms with E-state index in [2.05, 4.69) is 25.6 Å². The van der Waals surface area contributed by atoms with E-state index in [0.29, 0.717) is 11.8 Å². The van der Waals surface area contributed by atoms with Gasteiger partial charge in [-0.1, -0.05) is 18.2 Å². The van der Waals surface area contributed by atoms with Gasteiger partial charge in [-0.05, 0) is 37.6 Å². The van der Waals surface area contributed by atoms with Gasteiger partial charge < -0.3 is 10.6 Å². The second-order valence-corrected chi connectivity index (χ2v) is 6.95. The molecule has 0 atom stereocenters. The minimum atomic E-state index is -4.45. The molecule has 2 N–H and O–H groups in total. The molecule has 30 heavy (non-hydrogen) atoms. The lowest BCUT2D eigenvalue weighted by Gasteiger charge is -2.10. The highest BCUT2D eigenvalue weighted by molar-refractivity contribution is 5.91. The van der Waals surface area contributed by atoms with Crippen molar-refractivity contribution in [2.75, 3.05) is 10.6 Å². The van der Waals surface area contributed by atoms with Gasteiger partial charge in [-0.25, -0.2) is 15.0 Å². The molecule has 0 radical (unpaired) electrons. The molecule has 2 aromatic heterocycles. The molecule has 0 bridgehead atoms. The first-order chi connectivity index (χ1) is 14.2. The van der Waals surface area contributed by atoms with Crippen LogP contribution in [-0.2, 0) is 17.4 Å². The van der Waals surface area contributed by atoms with Crippen molar-refractivity contribution >= 4 is 17.7 Å². The number of hydrogen-bond donors (Lipinski definition) is 2. The lowest BCUT2D eigenvalue weighted by molar-refractivity contribution is -0.137. The van der Waals surface area contributed by atoms with Crippen molar-refractivity contribution in [3.63, 3.8) is 0 Å².